The van der Waals surface area contributed by atoms with Gasteiger partial charge in [0.25, 0.3) is 0 Å². The van der Waals surface area contributed by atoms with Crippen LogP contribution in [0.15, 0.2) is 48.5 Å². The summed E-state index contributed by atoms with van der Waals surface area (Å²) in [6.07, 6.45) is 1.97. The minimum Gasteiger partial charge on any atom is -0.494 e. The normalized spacial score (nSPS) is 16.0. The fraction of sp³-hybridized carbons (Fsp3) is 0.350. The van der Waals surface area contributed by atoms with Crippen LogP contribution in [0.1, 0.15) is 36.4 Å². The van der Waals surface area contributed by atoms with Crippen molar-refractivity contribution in [1.29, 1.82) is 0 Å². The van der Waals surface area contributed by atoms with E-state index in [2.05, 4.69) is 5.32 Å². The fourth-order valence-electron chi connectivity index (χ4n) is 2.89. The van der Waals surface area contributed by atoms with Crippen LogP contribution >= 0.6 is 0 Å². The SMILES string of the molecule is Cc1cccc(OCCCC(=O)N[C@H]2CCOc3ccccc32)c1. The molecule has 0 bridgehead atoms. The van der Waals surface area contributed by atoms with E-state index in [0.29, 0.717) is 26.1 Å². The summed E-state index contributed by atoms with van der Waals surface area (Å²) in [5.74, 6) is 1.79. The van der Waals surface area contributed by atoms with Crippen molar-refractivity contribution in [1.82, 2.24) is 5.32 Å². The van der Waals surface area contributed by atoms with Crippen molar-refractivity contribution in [2.45, 2.75) is 32.2 Å². The van der Waals surface area contributed by atoms with Crippen molar-refractivity contribution in [3.8, 4) is 11.5 Å². The number of aryl methyl sites for hydroxylation is 1. The second-order valence-electron chi connectivity index (χ2n) is 6.06. The Hall–Kier alpha value is -2.49. The molecule has 0 unspecified atom stereocenters. The number of nitrogens with one attached hydrogen (secondary N) is 1. The number of rotatable bonds is 6. The van der Waals surface area contributed by atoms with E-state index >= 15 is 0 Å². The zero-order valence-electron chi connectivity index (χ0n) is 14.0. The van der Waals surface area contributed by atoms with Crippen molar-refractivity contribution in [3.05, 3.63) is 59.7 Å². The van der Waals surface area contributed by atoms with Crippen molar-refractivity contribution >= 4 is 5.91 Å². The Morgan fingerprint density at radius 3 is 3.00 bits per heavy atom. The van der Waals surface area contributed by atoms with Gasteiger partial charge in [-0.25, -0.2) is 0 Å². The van der Waals surface area contributed by atoms with Gasteiger partial charge in [-0.1, -0.05) is 30.3 Å². The summed E-state index contributed by atoms with van der Waals surface area (Å²) < 4.78 is 11.3. The van der Waals surface area contributed by atoms with Crippen LogP contribution in [0.25, 0.3) is 0 Å². The van der Waals surface area contributed by atoms with E-state index in [1.807, 2.05) is 55.5 Å². The zero-order chi connectivity index (χ0) is 16.8. The number of hydrogen-bond acceptors (Lipinski definition) is 3. The Bertz CT molecular complexity index is 699. The molecule has 1 heterocycles. The van der Waals surface area contributed by atoms with E-state index in [9.17, 15) is 4.79 Å². The lowest BCUT2D eigenvalue weighted by Gasteiger charge is -2.26. The van der Waals surface area contributed by atoms with Crippen LogP contribution in [-0.2, 0) is 4.79 Å². The topological polar surface area (TPSA) is 47.6 Å². The van der Waals surface area contributed by atoms with Gasteiger partial charge >= 0.3 is 0 Å². The van der Waals surface area contributed by atoms with E-state index in [0.717, 1.165) is 23.5 Å². The number of amides is 1. The van der Waals surface area contributed by atoms with Gasteiger partial charge < -0.3 is 14.8 Å². The highest BCUT2D eigenvalue weighted by Crippen LogP contribution is 2.31. The minimum absolute atomic E-state index is 0.0418. The number of hydrogen-bond donors (Lipinski definition) is 1. The Morgan fingerprint density at radius 2 is 2.12 bits per heavy atom. The lowest BCUT2D eigenvalue weighted by molar-refractivity contribution is -0.122. The minimum atomic E-state index is 0.0418. The van der Waals surface area contributed by atoms with Crippen LogP contribution < -0.4 is 14.8 Å². The summed E-state index contributed by atoms with van der Waals surface area (Å²) >= 11 is 0. The highest BCUT2D eigenvalue weighted by atomic mass is 16.5. The number of para-hydroxylation sites is 1. The van der Waals surface area contributed by atoms with Crippen LogP contribution in [0, 0.1) is 6.92 Å². The van der Waals surface area contributed by atoms with Crippen LogP contribution in [0.3, 0.4) is 0 Å². The van der Waals surface area contributed by atoms with E-state index < -0.39 is 0 Å². The van der Waals surface area contributed by atoms with Crippen LogP contribution in [0.4, 0.5) is 0 Å². The van der Waals surface area contributed by atoms with Gasteiger partial charge in [-0.3, -0.25) is 4.79 Å². The zero-order valence-corrected chi connectivity index (χ0v) is 14.0. The van der Waals surface area contributed by atoms with Gasteiger partial charge in [0.15, 0.2) is 0 Å². The first-order valence-corrected chi connectivity index (χ1v) is 8.43. The molecule has 2 aromatic carbocycles. The Morgan fingerprint density at radius 1 is 1.25 bits per heavy atom. The summed E-state index contributed by atoms with van der Waals surface area (Å²) in [5, 5.41) is 3.11. The first kappa shape index (κ1) is 16.4. The summed E-state index contributed by atoms with van der Waals surface area (Å²) in [7, 11) is 0. The number of carbonyl (C=O) groups is 1. The molecule has 0 aromatic heterocycles. The molecule has 4 heteroatoms. The second kappa shape index (κ2) is 7.86. The van der Waals surface area contributed by atoms with Gasteiger partial charge in [0, 0.05) is 18.4 Å². The maximum atomic E-state index is 12.2. The first-order valence-electron chi connectivity index (χ1n) is 8.43. The third-order valence-corrected chi connectivity index (χ3v) is 4.10. The molecular formula is C20H23NO3. The molecule has 1 N–H and O–H groups in total. The van der Waals surface area contributed by atoms with E-state index in [1.165, 1.54) is 5.56 Å². The molecule has 1 amide bonds. The number of carbonyl (C=O) groups excluding carboxylic acids is 1. The van der Waals surface area contributed by atoms with Gasteiger partial charge in [0.05, 0.1) is 19.3 Å². The molecule has 24 heavy (non-hydrogen) atoms. The largest absolute Gasteiger partial charge is 0.494 e. The summed E-state index contributed by atoms with van der Waals surface area (Å²) in [6.45, 7) is 3.21. The molecule has 0 radical (unpaired) electrons. The highest BCUT2D eigenvalue weighted by molar-refractivity contribution is 5.76. The maximum absolute atomic E-state index is 12.2. The van der Waals surface area contributed by atoms with Crippen LogP contribution in [-0.4, -0.2) is 19.1 Å². The summed E-state index contributed by atoms with van der Waals surface area (Å²) in [4.78, 5) is 12.2. The molecule has 126 valence electrons. The molecule has 0 aliphatic carbocycles. The Balaban J connectivity index is 1.43. The monoisotopic (exact) mass is 325 g/mol. The molecule has 0 fully saturated rings. The highest BCUT2D eigenvalue weighted by Gasteiger charge is 2.22. The number of fused-ring (bicyclic) bond motifs is 1. The molecule has 0 spiro atoms. The fourth-order valence-corrected chi connectivity index (χ4v) is 2.89. The standard InChI is InChI=1S/C20H23NO3/c1-15-6-4-7-16(14-15)23-12-5-10-20(22)21-18-11-13-24-19-9-3-2-8-17(18)19/h2-4,6-9,14,18H,5,10-13H2,1H3,(H,21,22)/t18-/m0/s1. The van der Waals surface area contributed by atoms with E-state index in [-0.39, 0.29) is 11.9 Å². The molecule has 4 nitrogen and oxygen atoms in total. The van der Waals surface area contributed by atoms with Crippen molar-refractivity contribution in [2.24, 2.45) is 0 Å². The van der Waals surface area contributed by atoms with Crippen LogP contribution in [0.5, 0.6) is 11.5 Å². The molecule has 0 saturated carbocycles. The molecule has 3 rings (SSSR count). The predicted molar refractivity (Wildman–Crippen MR) is 93.3 cm³/mol. The Kier molecular flexibility index (Phi) is 5.36. The van der Waals surface area contributed by atoms with Crippen LogP contribution in [0.2, 0.25) is 0 Å². The molecule has 1 atom stereocenters. The Labute approximate surface area is 142 Å². The van der Waals surface area contributed by atoms with E-state index in [4.69, 9.17) is 9.47 Å². The number of benzene rings is 2. The first-order chi connectivity index (χ1) is 11.7. The van der Waals surface area contributed by atoms with Crippen molar-refractivity contribution < 1.29 is 14.3 Å². The third kappa shape index (κ3) is 4.28. The van der Waals surface area contributed by atoms with Crippen molar-refractivity contribution in [3.63, 3.8) is 0 Å². The van der Waals surface area contributed by atoms with Gasteiger partial charge in [0.1, 0.15) is 11.5 Å². The molecule has 1 aliphatic heterocycles. The van der Waals surface area contributed by atoms with Gasteiger partial charge in [-0.15, -0.1) is 0 Å². The molecular weight excluding hydrogens is 302 g/mol. The lowest BCUT2D eigenvalue weighted by Crippen LogP contribution is -2.32. The summed E-state index contributed by atoms with van der Waals surface area (Å²) in [5.41, 5.74) is 2.23. The van der Waals surface area contributed by atoms with Crippen molar-refractivity contribution in [2.75, 3.05) is 13.2 Å². The third-order valence-electron chi connectivity index (χ3n) is 4.10. The smallest absolute Gasteiger partial charge is 0.220 e. The summed E-state index contributed by atoms with van der Waals surface area (Å²) in [6, 6.07) is 15.9. The average Bonchev–Trinajstić information content (AvgIpc) is 2.59. The maximum Gasteiger partial charge on any atom is 0.220 e. The predicted octanol–water partition coefficient (Wildman–Crippen LogP) is 3.79. The lowest BCUT2D eigenvalue weighted by atomic mass is 10.0. The molecule has 0 saturated heterocycles. The van der Waals surface area contributed by atoms with Gasteiger partial charge in [0.2, 0.25) is 5.91 Å². The average molecular weight is 325 g/mol. The number of ether oxygens (including phenoxy) is 2. The molecule has 2 aromatic rings. The van der Waals surface area contributed by atoms with E-state index in [1.54, 1.807) is 0 Å². The van der Waals surface area contributed by atoms with Gasteiger partial charge in [-0.2, -0.15) is 0 Å². The quantitative estimate of drug-likeness (QED) is 0.822. The van der Waals surface area contributed by atoms with Gasteiger partial charge in [-0.05, 0) is 37.1 Å². The molecule has 1 aliphatic rings. The second-order valence-corrected chi connectivity index (χ2v) is 6.06.